The molecule has 4 rings (SSSR count). The van der Waals surface area contributed by atoms with Gasteiger partial charge >= 0.3 is 11.1 Å². The number of amides is 2. The SMILES string of the molecule is CCn1c(=O)c(=O)[nH]c2cc(C(=O)Nc3cccc(NC(=O)C4CCCCC4)c3)ccc21. The summed E-state index contributed by atoms with van der Waals surface area (Å²) in [6, 6.07) is 11.8. The van der Waals surface area contributed by atoms with Gasteiger partial charge in [-0.2, -0.15) is 0 Å². The van der Waals surface area contributed by atoms with Crippen LogP contribution < -0.4 is 21.8 Å². The number of nitrogens with zero attached hydrogens (tertiary/aromatic N) is 1. The molecule has 2 aromatic carbocycles. The van der Waals surface area contributed by atoms with Gasteiger partial charge in [-0.1, -0.05) is 25.3 Å². The standard InChI is InChI=1S/C24H26N4O4/c1-2-28-20-12-11-16(13-19(20)27-23(31)24(28)32)22(30)26-18-10-6-9-17(14-18)25-21(29)15-7-4-3-5-8-15/h6,9-15H,2-5,7-8H2,1H3,(H,25,29)(H,26,30)(H,27,31). The van der Waals surface area contributed by atoms with E-state index in [1.165, 1.54) is 11.0 Å². The first kappa shape index (κ1) is 21.5. The summed E-state index contributed by atoms with van der Waals surface area (Å²) in [6.07, 6.45) is 5.18. The normalized spacial score (nSPS) is 14.3. The number of anilines is 2. The van der Waals surface area contributed by atoms with Gasteiger partial charge in [-0.25, -0.2) is 0 Å². The van der Waals surface area contributed by atoms with Crippen molar-refractivity contribution in [3.8, 4) is 0 Å². The first-order valence-corrected chi connectivity index (χ1v) is 11.0. The van der Waals surface area contributed by atoms with Crippen LogP contribution in [0.2, 0.25) is 0 Å². The lowest BCUT2D eigenvalue weighted by atomic mass is 9.88. The van der Waals surface area contributed by atoms with E-state index in [-0.39, 0.29) is 17.7 Å². The molecule has 0 radical (unpaired) electrons. The summed E-state index contributed by atoms with van der Waals surface area (Å²) in [7, 11) is 0. The molecular formula is C24H26N4O4. The van der Waals surface area contributed by atoms with Crippen LogP contribution in [0.15, 0.2) is 52.1 Å². The Morgan fingerprint density at radius 1 is 1.00 bits per heavy atom. The van der Waals surface area contributed by atoms with Crippen molar-refractivity contribution in [2.75, 3.05) is 10.6 Å². The Bertz CT molecular complexity index is 1290. The molecule has 0 aliphatic heterocycles. The smallest absolute Gasteiger partial charge is 0.316 e. The van der Waals surface area contributed by atoms with Crippen molar-refractivity contribution in [2.45, 2.75) is 45.6 Å². The average molecular weight is 434 g/mol. The highest BCUT2D eigenvalue weighted by Gasteiger charge is 2.21. The van der Waals surface area contributed by atoms with Crippen LogP contribution in [-0.2, 0) is 11.3 Å². The Kier molecular flexibility index (Phi) is 6.20. The van der Waals surface area contributed by atoms with Crippen molar-refractivity contribution in [3.05, 3.63) is 68.7 Å². The number of nitrogens with one attached hydrogen (secondary N) is 3. The Balaban J connectivity index is 1.51. The minimum Gasteiger partial charge on any atom is -0.326 e. The van der Waals surface area contributed by atoms with Gasteiger partial charge in [-0.05, 0) is 56.2 Å². The van der Waals surface area contributed by atoms with E-state index >= 15 is 0 Å². The van der Waals surface area contributed by atoms with Crippen LogP contribution in [0.1, 0.15) is 49.4 Å². The van der Waals surface area contributed by atoms with Crippen molar-refractivity contribution in [2.24, 2.45) is 5.92 Å². The van der Waals surface area contributed by atoms with Gasteiger partial charge in [0.15, 0.2) is 0 Å². The molecule has 0 unspecified atom stereocenters. The molecule has 1 fully saturated rings. The minimum absolute atomic E-state index is 0.0219. The lowest BCUT2D eigenvalue weighted by Crippen LogP contribution is -2.36. The summed E-state index contributed by atoms with van der Waals surface area (Å²) in [6.45, 7) is 2.13. The van der Waals surface area contributed by atoms with Gasteiger partial charge in [0.2, 0.25) is 5.91 Å². The molecule has 1 heterocycles. The van der Waals surface area contributed by atoms with E-state index < -0.39 is 11.1 Å². The van der Waals surface area contributed by atoms with E-state index in [9.17, 15) is 19.2 Å². The van der Waals surface area contributed by atoms with Crippen LogP contribution in [0.4, 0.5) is 11.4 Å². The molecule has 1 saturated carbocycles. The maximum absolute atomic E-state index is 12.8. The van der Waals surface area contributed by atoms with Crippen molar-refractivity contribution in [1.82, 2.24) is 9.55 Å². The van der Waals surface area contributed by atoms with E-state index in [0.29, 0.717) is 34.5 Å². The zero-order chi connectivity index (χ0) is 22.7. The number of aryl methyl sites for hydroxylation is 1. The molecule has 2 amide bonds. The zero-order valence-electron chi connectivity index (χ0n) is 17.9. The van der Waals surface area contributed by atoms with Gasteiger partial charge in [0.05, 0.1) is 11.0 Å². The third kappa shape index (κ3) is 4.49. The van der Waals surface area contributed by atoms with E-state index in [0.717, 1.165) is 25.7 Å². The minimum atomic E-state index is -0.724. The number of H-pyrrole nitrogens is 1. The molecular weight excluding hydrogens is 408 g/mol. The second kappa shape index (κ2) is 9.21. The van der Waals surface area contributed by atoms with Gasteiger partial charge in [0.25, 0.3) is 5.91 Å². The Morgan fingerprint density at radius 2 is 1.72 bits per heavy atom. The molecule has 8 heteroatoms. The number of hydrogen-bond acceptors (Lipinski definition) is 4. The van der Waals surface area contributed by atoms with Gasteiger partial charge in [0, 0.05) is 29.4 Å². The molecule has 1 aliphatic rings. The number of fused-ring (bicyclic) bond motifs is 1. The number of hydrogen-bond donors (Lipinski definition) is 3. The zero-order valence-corrected chi connectivity index (χ0v) is 17.9. The predicted octanol–water partition coefficient (Wildman–Crippen LogP) is 3.48. The molecule has 8 nitrogen and oxygen atoms in total. The Hall–Kier alpha value is -3.68. The van der Waals surface area contributed by atoms with Crippen LogP contribution in [0.3, 0.4) is 0 Å². The van der Waals surface area contributed by atoms with Crippen molar-refractivity contribution >= 4 is 34.2 Å². The number of benzene rings is 2. The highest BCUT2D eigenvalue weighted by atomic mass is 16.2. The van der Waals surface area contributed by atoms with Gasteiger partial charge in [-0.3, -0.25) is 19.2 Å². The van der Waals surface area contributed by atoms with Crippen LogP contribution >= 0.6 is 0 Å². The van der Waals surface area contributed by atoms with E-state index in [1.54, 1.807) is 49.4 Å². The Labute approximate surface area is 184 Å². The molecule has 0 saturated heterocycles. The number of aromatic amines is 1. The maximum Gasteiger partial charge on any atom is 0.316 e. The molecule has 0 bridgehead atoms. The van der Waals surface area contributed by atoms with Crippen LogP contribution in [0.25, 0.3) is 11.0 Å². The van der Waals surface area contributed by atoms with E-state index in [1.807, 2.05) is 0 Å². The lowest BCUT2D eigenvalue weighted by molar-refractivity contribution is -0.120. The lowest BCUT2D eigenvalue weighted by Gasteiger charge is -2.20. The largest absolute Gasteiger partial charge is 0.326 e. The fourth-order valence-electron chi connectivity index (χ4n) is 4.22. The molecule has 0 spiro atoms. The van der Waals surface area contributed by atoms with Crippen LogP contribution in [0.5, 0.6) is 0 Å². The maximum atomic E-state index is 12.8. The molecule has 1 aliphatic carbocycles. The fraction of sp³-hybridized carbons (Fsp3) is 0.333. The molecule has 166 valence electrons. The summed E-state index contributed by atoms with van der Waals surface area (Å²) in [4.78, 5) is 51.7. The first-order chi connectivity index (χ1) is 15.5. The van der Waals surface area contributed by atoms with E-state index in [4.69, 9.17) is 0 Å². The number of rotatable bonds is 5. The van der Waals surface area contributed by atoms with Gasteiger partial charge in [0.1, 0.15) is 0 Å². The molecule has 0 atom stereocenters. The molecule has 1 aromatic heterocycles. The fourth-order valence-corrected chi connectivity index (χ4v) is 4.22. The summed E-state index contributed by atoms with van der Waals surface area (Å²) in [5.41, 5.74) is 1.14. The highest BCUT2D eigenvalue weighted by molar-refractivity contribution is 6.06. The molecule has 3 aromatic rings. The summed E-state index contributed by atoms with van der Waals surface area (Å²) in [5, 5.41) is 5.77. The van der Waals surface area contributed by atoms with Gasteiger partial charge in [-0.15, -0.1) is 0 Å². The monoisotopic (exact) mass is 434 g/mol. The second-order valence-corrected chi connectivity index (χ2v) is 8.09. The number of aromatic nitrogens is 2. The average Bonchev–Trinajstić information content (AvgIpc) is 2.80. The third-order valence-corrected chi connectivity index (χ3v) is 5.92. The molecule has 32 heavy (non-hydrogen) atoms. The summed E-state index contributed by atoms with van der Waals surface area (Å²) >= 11 is 0. The molecule has 3 N–H and O–H groups in total. The number of carbonyl (C=O) groups excluding carboxylic acids is 2. The third-order valence-electron chi connectivity index (χ3n) is 5.92. The van der Waals surface area contributed by atoms with Crippen LogP contribution in [0, 0.1) is 5.92 Å². The van der Waals surface area contributed by atoms with Gasteiger partial charge < -0.3 is 20.2 Å². The quantitative estimate of drug-likeness (QED) is 0.534. The van der Waals surface area contributed by atoms with E-state index in [2.05, 4.69) is 15.6 Å². The Morgan fingerprint density at radius 3 is 2.44 bits per heavy atom. The first-order valence-electron chi connectivity index (χ1n) is 11.0. The highest BCUT2D eigenvalue weighted by Crippen LogP contribution is 2.25. The van der Waals surface area contributed by atoms with Crippen molar-refractivity contribution in [1.29, 1.82) is 0 Å². The number of carbonyl (C=O) groups is 2. The summed E-state index contributed by atoms with van der Waals surface area (Å²) < 4.78 is 1.37. The van der Waals surface area contributed by atoms with Crippen molar-refractivity contribution in [3.63, 3.8) is 0 Å². The van der Waals surface area contributed by atoms with Crippen molar-refractivity contribution < 1.29 is 9.59 Å². The summed E-state index contributed by atoms with van der Waals surface area (Å²) in [5.74, 6) is -0.298. The predicted molar refractivity (Wildman–Crippen MR) is 124 cm³/mol. The second-order valence-electron chi connectivity index (χ2n) is 8.09. The van der Waals surface area contributed by atoms with Crippen LogP contribution in [-0.4, -0.2) is 21.4 Å². The topological polar surface area (TPSA) is 113 Å².